The lowest BCUT2D eigenvalue weighted by atomic mass is 10.2. The van der Waals surface area contributed by atoms with Gasteiger partial charge in [-0.05, 0) is 33.6 Å². The monoisotopic (exact) mass is 341 g/mol. The zero-order valence-corrected chi connectivity index (χ0v) is 12.3. The fraction of sp³-hybridized carbons (Fsp3) is 0.0833. The Morgan fingerprint density at radius 2 is 2.00 bits per heavy atom. The summed E-state index contributed by atoms with van der Waals surface area (Å²) in [6, 6.07) is 8.21. The van der Waals surface area contributed by atoms with Crippen molar-refractivity contribution in [1.82, 2.24) is 4.98 Å². The van der Waals surface area contributed by atoms with Gasteiger partial charge in [0.15, 0.2) is 0 Å². The van der Waals surface area contributed by atoms with Crippen molar-refractivity contribution in [3.8, 4) is 0 Å². The van der Waals surface area contributed by atoms with Gasteiger partial charge in [0.25, 0.3) is 10.0 Å². The van der Waals surface area contributed by atoms with Crippen LogP contribution in [-0.4, -0.2) is 13.4 Å². The van der Waals surface area contributed by atoms with Crippen LogP contribution in [0.3, 0.4) is 0 Å². The minimum absolute atomic E-state index is 0.161. The number of sulfonamides is 1. The van der Waals surface area contributed by atoms with Crippen molar-refractivity contribution in [3.63, 3.8) is 0 Å². The van der Waals surface area contributed by atoms with Crippen LogP contribution in [0.2, 0.25) is 0 Å². The van der Waals surface area contributed by atoms with Crippen LogP contribution in [0.15, 0.2) is 52.1 Å². The van der Waals surface area contributed by atoms with Gasteiger partial charge in [0.1, 0.15) is 0 Å². The van der Waals surface area contributed by atoms with E-state index in [1.54, 1.807) is 24.3 Å². The smallest absolute Gasteiger partial charge is 0.262 e. The Morgan fingerprint density at radius 3 is 2.68 bits per heavy atom. The lowest BCUT2D eigenvalue weighted by molar-refractivity contribution is 0.600. The molecular formula is C12H12BrN3O2S. The third-order valence-electron chi connectivity index (χ3n) is 2.50. The molecule has 2 rings (SSSR count). The van der Waals surface area contributed by atoms with Gasteiger partial charge in [0.05, 0.1) is 15.1 Å². The molecular weight excluding hydrogens is 330 g/mol. The first kappa shape index (κ1) is 14.0. The minimum Gasteiger partial charge on any atom is -0.326 e. The second-order valence-electron chi connectivity index (χ2n) is 3.77. The molecule has 1 heterocycles. The van der Waals surface area contributed by atoms with E-state index in [2.05, 4.69) is 25.6 Å². The number of hydrogen-bond donors (Lipinski definition) is 2. The summed E-state index contributed by atoms with van der Waals surface area (Å²) in [4.78, 5) is 4.06. The Hall–Kier alpha value is -1.44. The topological polar surface area (TPSA) is 85.1 Å². The fourth-order valence-corrected chi connectivity index (χ4v) is 3.40. The number of benzene rings is 1. The highest BCUT2D eigenvalue weighted by Gasteiger charge is 2.18. The van der Waals surface area contributed by atoms with Crippen molar-refractivity contribution in [2.75, 3.05) is 4.72 Å². The molecule has 19 heavy (non-hydrogen) atoms. The maximum Gasteiger partial charge on any atom is 0.262 e. The van der Waals surface area contributed by atoms with Gasteiger partial charge in [-0.25, -0.2) is 8.42 Å². The molecule has 3 N–H and O–H groups in total. The zero-order chi connectivity index (χ0) is 13.9. The van der Waals surface area contributed by atoms with E-state index in [0.717, 1.165) is 0 Å². The van der Waals surface area contributed by atoms with Gasteiger partial charge in [0, 0.05) is 18.9 Å². The molecule has 0 fully saturated rings. The molecule has 5 nitrogen and oxygen atoms in total. The summed E-state index contributed by atoms with van der Waals surface area (Å²) in [5.74, 6) is 0. The predicted octanol–water partition coefficient (Wildman–Crippen LogP) is 2.10. The van der Waals surface area contributed by atoms with Crippen LogP contribution in [0.1, 0.15) is 5.56 Å². The number of aromatic nitrogens is 1. The van der Waals surface area contributed by atoms with Gasteiger partial charge in [0.2, 0.25) is 0 Å². The quantitative estimate of drug-likeness (QED) is 0.891. The molecule has 0 aliphatic heterocycles. The molecule has 0 saturated carbocycles. The predicted molar refractivity (Wildman–Crippen MR) is 77.1 cm³/mol. The Labute approximate surface area is 120 Å². The number of pyridine rings is 1. The Morgan fingerprint density at radius 1 is 1.26 bits per heavy atom. The molecule has 0 unspecified atom stereocenters. The third-order valence-corrected chi connectivity index (χ3v) is 4.60. The van der Waals surface area contributed by atoms with E-state index in [4.69, 9.17) is 5.73 Å². The number of hydrogen-bond acceptors (Lipinski definition) is 4. The maximum atomic E-state index is 12.3. The molecule has 0 radical (unpaired) electrons. The Kier molecular flexibility index (Phi) is 4.18. The largest absolute Gasteiger partial charge is 0.326 e. The fourth-order valence-electron chi connectivity index (χ4n) is 1.59. The van der Waals surface area contributed by atoms with E-state index in [9.17, 15) is 8.42 Å². The van der Waals surface area contributed by atoms with Crippen LogP contribution in [-0.2, 0) is 16.6 Å². The SMILES string of the molecule is NCc1ccccc1S(=O)(=O)Nc1ccncc1Br. The van der Waals surface area contributed by atoms with E-state index >= 15 is 0 Å². The standard InChI is InChI=1S/C12H12BrN3O2S/c13-10-8-15-6-5-11(10)16-19(17,18)12-4-2-1-3-9(12)7-14/h1-6,8H,7,14H2,(H,15,16). The second kappa shape index (κ2) is 5.68. The van der Waals surface area contributed by atoms with Gasteiger partial charge in [-0.15, -0.1) is 0 Å². The Balaban J connectivity index is 2.41. The van der Waals surface area contributed by atoms with E-state index in [1.807, 2.05) is 0 Å². The van der Waals surface area contributed by atoms with Crippen LogP contribution in [0.5, 0.6) is 0 Å². The van der Waals surface area contributed by atoms with Crippen molar-refractivity contribution in [2.45, 2.75) is 11.4 Å². The summed E-state index contributed by atoms with van der Waals surface area (Å²) in [6.07, 6.45) is 3.03. The first-order chi connectivity index (χ1) is 9.04. The molecule has 1 aromatic heterocycles. The average Bonchev–Trinajstić information content (AvgIpc) is 2.41. The molecule has 0 amide bonds. The van der Waals surface area contributed by atoms with Crippen molar-refractivity contribution in [3.05, 3.63) is 52.8 Å². The lowest BCUT2D eigenvalue weighted by Crippen LogP contribution is -2.16. The summed E-state index contributed by atoms with van der Waals surface area (Å²) in [5.41, 5.74) is 6.56. The Bertz CT molecular complexity index is 689. The highest BCUT2D eigenvalue weighted by atomic mass is 79.9. The number of anilines is 1. The molecule has 0 aliphatic carbocycles. The maximum absolute atomic E-state index is 12.3. The summed E-state index contributed by atoms with van der Waals surface area (Å²) in [5, 5.41) is 0. The van der Waals surface area contributed by atoms with Crippen molar-refractivity contribution < 1.29 is 8.42 Å². The molecule has 100 valence electrons. The van der Waals surface area contributed by atoms with Crippen LogP contribution < -0.4 is 10.5 Å². The number of nitrogens with one attached hydrogen (secondary N) is 1. The van der Waals surface area contributed by atoms with E-state index < -0.39 is 10.0 Å². The number of nitrogens with two attached hydrogens (primary N) is 1. The van der Waals surface area contributed by atoms with E-state index in [1.165, 1.54) is 18.5 Å². The van der Waals surface area contributed by atoms with Gasteiger partial charge < -0.3 is 5.73 Å². The van der Waals surface area contributed by atoms with Gasteiger partial charge in [-0.1, -0.05) is 18.2 Å². The van der Waals surface area contributed by atoms with Gasteiger partial charge in [-0.3, -0.25) is 9.71 Å². The third kappa shape index (κ3) is 3.12. The molecule has 1 aromatic carbocycles. The number of nitrogens with zero attached hydrogens (tertiary/aromatic N) is 1. The van der Waals surface area contributed by atoms with E-state index in [-0.39, 0.29) is 11.4 Å². The molecule has 0 atom stereocenters. The number of halogens is 1. The first-order valence-corrected chi connectivity index (χ1v) is 7.72. The van der Waals surface area contributed by atoms with E-state index in [0.29, 0.717) is 15.7 Å². The van der Waals surface area contributed by atoms with Crippen LogP contribution in [0.25, 0.3) is 0 Å². The second-order valence-corrected chi connectivity index (χ2v) is 6.28. The summed E-state index contributed by atoms with van der Waals surface area (Å²) < 4.78 is 27.7. The first-order valence-electron chi connectivity index (χ1n) is 5.45. The molecule has 2 aromatic rings. The van der Waals surface area contributed by atoms with Crippen molar-refractivity contribution in [2.24, 2.45) is 5.73 Å². The highest BCUT2D eigenvalue weighted by Crippen LogP contribution is 2.24. The van der Waals surface area contributed by atoms with Crippen molar-refractivity contribution in [1.29, 1.82) is 0 Å². The molecule has 0 spiro atoms. The normalized spacial score (nSPS) is 11.3. The minimum atomic E-state index is -3.67. The summed E-state index contributed by atoms with van der Waals surface area (Å²) >= 11 is 3.24. The van der Waals surface area contributed by atoms with Crippen LogP contribution >= 0.6 is 15.9 Å². The van der Waals surface area contributed by atoms with Crippen LogP contribution in [0, 0.1) is 0 Å². The van der Waals surface area contributed by atoms with Crippen LogP contribution in [0.4, 0.5) is 5.69 Å². The highest BCUT2D eigenvalue weighted by molar-refractivity contribution is 9.10. The molecule has 0 saturated heterocycles. The molecule has 0 aliphatic rings. The zero-order valence-electron chi connectivity index (χ0n) is 9.88. The summed E-state index contributed by atoms with van der Waals surface area (Å²) in [7, 11) is -3.67. The number of rotatable bonds is 4. The lowest BCUT2D eigenvalue weighted by Gasteiger charge is -2.12. The molecule has 0 bridgehead atoms. The van der Waals surface area contributed by atoms with Gasteiger partial charge >= 0.3 is 0 Å². The van der Waals surface area contributed by atoms with Crippen molar-refractivity contribution >= 4 is 31.6 Å². The summed E-state index contributed by atoms with van der Waals surface area (Å²) in [6.45, 7) is 0.161. The molecule has 7 heteroatoms. The average molecular weight is 342 g/mol. The van der Waals surface area contributed by atoms with Gasteiger partial charge in [-0.2, -0.15) is 0 Å².